The average Bonchev–Trinajstić information content (AvgIpc) is 2.24. The first-order chi connectivity index (χ1) is 7.63. The predicted octanol–water partition coefficient (Wildman–Crippen LogP) is 1.22. The van der Waals surface area contributed by atoms with E-state index in [1.54, 1.807) is 7.11 Å². The van der Waals surface area contributed by atoms with Crippen molar-refractivity contribution in [3.63, 3.8) is 0 Å². The Morgan fingerprint density at radius 2 is 2.25 bits per heavy atom. The molecule has 0 spiro atoms. The minimum atomic E-state index is -0.828. The van der Waals surface area contributed by atoms with Gasteiger partial charge in [-0.05, 0) is 37.1 Å². The molecule has 2 N–H and O–H groups in total. The van der Waals surface area contributed by atoms with Gasteiger partial charge in [0.05, 0.1) is 13.7 Å². The number of hydrogen-bond acceptors (Lipinski definition) is 3. The van der Waals surface area contributed by atoms with Gasteiger partial charge in [0.15, 0.2) is 0 Å². The summed E-state index contributed by atoms with van der Waals surface area (Å²) in [4.78, 5) is 10.3. The molecule has 16 heavy (non-hydrogen) atoms. The summed E-state index contributed by atoms with van der Waals surface area (Å²) in [5.41, 5.74) is 2.27. The fourth-order valence-electron chi connectivity index (χ4n) is 1.52. The molecule has 0 heterocycles. The molecule has 0 saturated heterocycles. The molecule has 0 atom stereocenters. The number of methoxy groups -OCH3 is 1. The smallest absolute Gasteiger partial charge is 0.317 e. The monoisotopic (exact) mass is 223 g/mol. The molecule has 1 rings (SSSR count). The molecule has 0 aliphatic heterocycles. The number of hydrogen-bond donors (Lipinski definition) is 2. The molecule has 0 aliphatic rings. The molecule has 0 bridgehead atoms. The third-order valence-electron chi connectivity index (χ3n) is 2.33. The number of aliphatic carboxylic acids is 1. The van der Waals surface area contributed by atoms with Crippen LogP contribution in [0.25, 0.3) is 0 Å². The highest BCUT2D eigenvalue weighted by atomic mass is 16.5. The molecule has 0 amide bonds. The number of aryl methyl sites for hydroxylation is 1. The van der Waals surface area contributed by atoms with Crippen LogP contribution in [0.3, 0.4) is 0 Å². The van der Waals surface area contributed by atoms with E-state index in [-0.39, 0.29) is 6.54 Å². The largest absolute Gasteiger partial charge is 0.496 e. The molecular weight excluding hydrogens is 206 g/mol. The number of rotatable bonds is 6. The number of carbonyl (C=O) groups is 1. The van der Waals surface area contributed by atoms with Crippen LogP contribution in [-0.4, -0.2) is 31.3 Å². The van der Waals surface area contributed by atoms with E-state index >= 15 is 0 Å². The van der Waals surface area contributed by atoms with Crippen molar-refractivity contribution in [2.24, 2.45) is 0 Å². The SMILES string of the molecule is COc1ccc(CCNCC(=O)O)cc1C. The zero-order valence-corrected chi connectivity index (χ0v) is 9.62. The number of carboxylic acids is 1. The van der Waals surface area contributed by atoms with Crippen LogP contribution in [0.4, 0.5) is 0 Å². The van der Waals surface area contributed by atoms with Gasteiger partial charge in [0.1, 0.15) is 5.75 Å². The predicted molar refractivity (Wildman–Crippen MR) is 61.9 cm³/mol. The highest BCUT2D eigenvalue weighted by Crippen LogP contribution is 2.18. The fourth-order valence-corrected chi connectivity index (χ4v) is 1.52. The summed E-state index contributed by atoms with van der Waals surface area (Å²) in [5.74, 6) is 0.0492. The van der Waals surface area contributed by atoms with Crippen LogP contribution in [-0.2, 0) is 11.2 Å². The second-order valence-corrected chi connectivity index (χ2v) is 3.62. The molecule has 0 aliphatic carbocycles. The normalized spacial score (nSPS) is 10.1. The van der Waals surface area contributed by atoms with E-state index in [4.69, 9.17) is 9.84 Å². The molecule has 4 nitrogen and oxygen atoms in total. The van der Waals surface area contributed by atoms with Crippen molar-refractivity contribution in [3.05, 3.63) is 29.3 Å². The van der Waals surface area contributed by atoms with Gasteiger partial charge in [-0.3, -0.25) is 4.79 Å². The molecule has 0 unspecified atom stereocenters. The van der Waals surface area contributed by atoms with Crippen LogP contribution in [0.15, 0.2) is 18.2 Å². The van der Waals surface area contributed by atoms with Crippen LogP contribution in [0.1, 0.15) is 11.1 Å². The van der Waals surface area contributed by atoms with Crippen molar-refractivity contribution in [2.75, 3.05) is 20.2 Å². The van der Waals surface area contributed by atoms with Crippen molar-refractivity contribution >= 4 is 5.97 Å². The summed E-state index contributed by atoms with van der Waals surface area (Å²) in [6.45, 7) is 2.67. The van der Waals surface area contributed by atoms with E-state index in [9.17, 15) is 4.79 Å². The molecule has 0 aromatic heterocycles. The van der Waals surface area contributed by atoms with Gasteiger partial charge in [-0.1, -0.05) is 12.1 Å². The highest BCUT2D eigenvalue weighted by molar-refractivity contribution is 5.68. The maximum Gasteiger partial charge on any atom is 0.317 e. The maximum atomic E-state index is 10.3. The molecule has 1 aromatic rings. The van der Waals surface area contributed by atoms with Crippen LogP contribution < -0.4 is 10.1 Å². The number of benzene rings is 1. The number of nitrogens with one attached hydrogen (secondary N) is 1. The zero-order chi connectivity index (χ0) is 12.0. The van der Waals surface area contributed by atoms with Crippen molar-refractivity contribution in [1.29, 1.82) is 0 Å². The lowest BCUT2D eigenvalue weighted by atomic mass is 10.1. The summed E-state index contributed by atoms with van der Waals surface area (Å²) in [7, 11) is 1.65. The summed E-state index contributed by atoms with van der Waals surface area (Å²) < 4.78 is 5.16. The molecular formula is C12H17NO3. The minimum absolute atomic E-state index is 0.00906. The van der Waals surface area contributed by atoms with E-state index in [2.05, 4.69) is 11.4 Å². The molecule has 0 radical (unpaired) electrons. The quantitative estimate of drug-likeness (QED) is 0.712. The topological polar surface area (TPSA) is 58.6 Å². The number of carboxylic acid groups (broad SMARTS) is 1. The van der Waals surface area contributed by atoms with Gasteiger partial charge >= 0.3 is 5.97 Å². The van der Waals surface area contributed by atoms with E-state index in [0.29, 0.717) is 6.54 Å². The number of ether oxygens (including phenoxy) is 1. The molecule has 0 saturated carbocycles. The van der Waals surface area contributed by atoms with Gasteiger partial charge < -0.3 is 15.2 Å². The van der Waals surface area contributed by atoms with Gasteiger partial charge in [-0.15, -0.1) is 0 Å². The molecule has 4 heteroatoms. The van der Waals surface area contributed by atoms with E-state index in [1.165, 1.54) is 5.56 Å². The van der Waals surface area contributed by atoms with E-state index in [1.807, 2.05) is 19.1 Å². The highest BCUT2D eigenvalue weighted by Gasteiger charge is 2.00. The Bertz CT molecular complexity index is 363. The average molecular weight is 223 g/mol. The fraction of sp³-hybridized carbons (Fsp3) is 0.417. The first kappa shape index (κ1) is 12.5. The van der Waals surface area contributed by atoms with Gasteiger partial charge in [-0.2, -0.15) is 0 Å². The lowest BCUT2D eigenvalue weighted by molar-refractivity contribution is -0.135. The summed E-state index contributed by atoms with van der Waals surface area (Å²) in [6.07, 6.45) is 0.818. The van der Waals surface area contributed by atoms with Crippen molar-refractivity contribution in [3.8, 4) is 5.75 Å². The van der Waals surface area contributed by atoms with Crippen LogP contribution in [0, 0.1) is 6.92 Å². The zero-order valence-electron chi connectivity index (χ0n) is 9.62. The first-order valence-corrected chi connectivity index (χ1v) is 5.19. The van der Waals surface area contributed by atoms with Crippen molar-refractivity contribution < 1.29 is 14.6 Å². The molecule has 88 valence electrons. The summed E-state index contributed by atoms with van der Waals surface area (Å²) in [6, 6.07) is 5.98. The van der Waals surface area contributed by atoms with Gasteiger partial charge in [0, 0.05) is 0 Å². The Labute approximate surface area is 95.2 Å². The Kier molecular flexibility index (Phi) is 4.79. The van der Waals surface area contributed by atoms with Crippen LogP contribution >= 0.6 is 0 Å². The van der Waals surface area contributed by atoms with Gasteiger partial charge in [-0.25, -0.2) is 0 Å². The summed E-state index contributed by atoms with van der Waals surface area (Å²) >= 11 is 0. The second-order valence-electron chi connectivity index (χ2n) is 3.62. The van der Waals surface area contributed by atoms with E-state index in [0.717, 1.165) is 17.7 Å². The second kappa shape index (κ2) is 6.12. The summed E-state index contributed by atoms with van der Waals surface area (Å²) in [5, 5.41) is 11.3. The molecule has 0 fully saturated rings. The third kappa shape index (κ3) is 3.90. The van der Waals surface area contributed by atoms with Crippen molar-refractivity contribution in [1.82, 2.24) is 5.32 Å². The van der Waals surface area contributed by atoms with E-state index < -0.39 is 5.97 Å². The Balaban J connectivity index is 2.43. The van der Waals surface area contributed by atoms with Crippen molar-refractivity contribution in [2.45, 2.75) is 13.3 Å². The molecule has 1 aromatic carbocycles. The third-order valence-corrected chi connectivity index (χ3v) is 2.33. The standard InChI is InChI=1S/C12H17NO3/c1-9-7-10(3-4-11(9)16-2)5-6-13-8-12(14)15/h3-4,7,13H,5-6,8H2,1-2H3,(H,14,15). The maximum absolute atomic E-state index is 10.3. The van der Waals surface area contributed by atoms with Crippen LogP contribution in [0.2, 0.25) is 0 Å². The Hall–Kier alpha value is -1.55. The Morgan fingerprint density at radius 3 is 2.81 bits per heavy atom. The minimum Gasteiger partial charge on any atom is -0.496 e. The van der Waals surface area contributed by atoms with Gasteiger partial charge in [0.2, 0.25) is 0 Å². The Morgan fingerprint density at radius 1 is 1.50 bits per heavy atom. The lowest BCUT2D eigenvalue weighted by Gasteiger charge is -2.07. The lowest BCUT2D eigenvalue weighted by Crippen LogP contribution is -2.24. The van der Waals surface area contributed by atoms with Crippen LogP contribution in [0.5, 0.6) is 5.75 Å². The first-order valence-electron chi connectivity index (χ1n) is 5.19. The van der Waals surface area contributed by atoms with Gasteiger partial charge in [0.25, 0.3) is 0 Å².